The van der Waals surface area contributed by atoms with Gasteiger partial charge in [0, 0.05) is 5.56 Å². The maximum atomic E-state index is 12.0. The summed E-state index contributed by atoms with van der Waals surface area (Å²) in [5.74, 6) is -0.638. The van der Waals surface area contributed by atoms with Gasteiger partial charge in [0.15, 0.2) is 0 Å². The summed E-state index contributed by atoms with van der Waals surface area (Å²) in [7, 11) is -3.83. The lowest BCUT2D eigenvalue weighted by molar-refractivity contribution is 0.0981. The average Bonchev–Trinajstić information content (AvgIpc) is 2.49. The van der Waals surface area contributed by atoms with Gasteiger partial charge in [-0.25, -0.2) is 13.1 Å². The zero-order valence-corrected chi connectivity index (χ0v) is 13.2. The molecular formula is C17H17NO3S. The van der Waals surface area contributed by atoms with Crippen LogP contribution in [0.5, 0.6) is 0 Å². The summed E-state index contributed by atoms with van der Waals surface area (Å²) >= 11 is 0. The van der Waals surface area contributed by atoms with Crippen molar-refractivity contribution in [3.63, 3.8) is 0 Å². The molecule has 0 bridgehead atoms. The number of hydrogen-bond acceptors (Lipinski definition) is 3. The molecule has 0 aliphatic carbocycles. The number of sulfonamides is 1. The molecule has 0 atom stereocenters. The summed E-state index contributed by atoms with van der Waals surface area (Å²) in [4.78, 5) is 12.0. The molecule has 0 unspecified atom stereocenters. The van der Waals surface area contributed by atoms with Crippen molar-refractivity contribution in [2.24, 2.45) is 0 Å². The molecule has 0 aliphatic heterocycles. The zero-order valence-electron chi connectivity index (χ0n) is 12.4. The van der Waals surface area contributed by atoms with E-state index in [1.165, 1.54) is 6.08 Å². The topological polar surface area (TPSA) is 63.2 Å². The first-order valence-electron chi connectivity index (χ1n) is 6.75. The summed E-state index contributed by atoms with van der Waals surface area (Å²) in [5, 5.41) is 0.987. The molecule has 0 saturated heterocycles. The fraction of sp³-hybridized carbons (Fsp3) is 0.118. The molecule has 4 nitrogen and oxygen atoms in total. The number of benzene rings is 2. The van der Waals surface area contributed by atoms with E-state index in [1.54, 1.807) is 42.5 Å². The van der Waals surface area contributed by atoms with Crippen LogP contribution in [0.1, 0.15) is 27.0 Å². The van der Waals surface area contributed by atoms with Gasteiger partial charge in [-0.2, -0.15) is 0 Å². The number of carbonyl (C=O) groups excluding carboxylic acids is 1. The van der Waals surface area contributed by atoms with Gasteiger partial charge in [0.25, 0.3) is 15.9 Å². The van der Waals surface area contributed by atoms with Gasteiger partial charge in [-0.15, -0.1) is 0 Å². The minimum atomic E-state index is -3.83. The third-order valence-electron chi connectivity index (χ3n) is 3.24. The lowest BCUT2D eigenvalue weighted by atomic mass is 10.1. The average molecular weight is 315 g/mol. The van der Waals surface area contributed by atoms with Crippen LogP contribution in [-0.2, 0) is 10.0 Å². The van der Waals surface area contributed by atoms with Crippen molar-refractivity contribution in [1.82, 2.24) is 4.72 Å². The van der Waals surface area contributed by atoms with Gasteiger partial charge in [-0.3, -0.25) is 4.79 Å². The second-order valence-electron chi connectivity index (χ2n) is 4.99. The van der Waals surface area contributed by atoms with Gasteiger partial charge < -0.3 is 0 Å². The minimum Gasteiger partial charge on any atom is -0.268 e. The largest absolute Gasteiger partial charge is 0.268 e. The third kappa shape index (κ3) is 4.30. The fourth-order valence-electron chi connectivity index (χ4n) is 1.84. The van der Waals surface area contributed by atoms with Crippen LogP contribution in [0.3, 0.4) is 0 Å². The number of amides is 1. The Morgan fingerprint density at radius 1 is 1.00 bits per heavy atom. The van der Waals surface area contributed by atoms with Crippen molar-refractivity contribution in [3.8, 4) is 0 Å². The van der Waals surface area contributed by atoms with Crippen LogP contribution in [0.25, 0.3) is 6.08 Å². The molecule has 0 aromatic heterocycles. The van der Waals surface area contributed by atoms with Crippen molar-refractivity contribution in [3.05, 3.63) is 76.2 Å². The Kier molecular flexibility index (Phi) is 4.78. The summed E-state index contributed by atoms with van der Waals surface area (Å²) in [5.41, 5.74) is 3.04. The third-order valence-corrected chi connectivity index (χ3v) is 4.21. The second kappa shape index (κ2) is 6.58. The van der Waals surface area contributed by atoms with Gasteiger partial charge in [0.1, 0.15) is 0 Å². The maximum Gasteiger partial charge on any atom is 0.264 e. The Labute approximate surface area is 130 Å². The summed E-state index contributed by atoms with van der Waals surface area (Å²) in [6.07, 6.45) is 1.44. The fourth-order valence-corrected chi connectivity index (χ4v) is 2.62. The molecule has 5 heteroatoms. The number of rotatable bonds is 4. The minimum absolute atomic E-state index is 0.319. The van der Waals surface area contributed by atoms with E-state index < -0.39 is 15.9 Å². The number of aryl methyl sites for hydroxylation is 2. The van der Waals surface area contributed by atoms with E-state index in [2.05, 4.69) is 0 Å². The number of hydrogen-bond donors (Lipinski definition) is 1. The predicted octanol–water partition coefficient (Wildman–Crippen LogP) is 3.03. The van der Waals surface area contributed by atoms with Gasteiger partial charge in [0.05, 0.1) is 5.41 Å². The van der Waals surface area contributed by atoms with Crippen molar-refractivity contribution >= 4 is 22.0 Å². The SMILES string of the molecule is Cc1ccc(C(=O)NS(=O)(=O)/C=C/c2ccccc2)cc1C. The molecule has 22 heavy (non-hydrogen) atoms. The molecule has 2 aromatic carbocycles. The molecule has 0 aliphatic rings. The predicted molar refractivity (Wildman–Crippen MR) is 87.8 cm³/mol. The molecule has 0 radical (unpaired) electrons. The molecule has 2 rings (SSSR count). The van der Waals surface area contributed by atoms with Crippen LogP contribution in [0.15, 0.2) is 53.9 Å². The van der Waals surface area contributed by atoms with E-state index in [1.807, 2.05) is 24.6 Å². The van der Waals surface area contributed by atoms with Crippen molar-refractivity contribution in [1.29, 1.82) is 0 Å². The van der Waals surface area contributed by atoms with Gasteiger partial charge in [-0.1, -0.05) is 36.4 Å². The van der Waals surface area contributed by atoms with Gasteiger partial charge in [0.2, 0.25) is 0 Å². The molecule has 1 amide bonds. The van der Waals surface area contributed by atoms with Crippen molar-refractivity contribution in [2.75, 3.05) is 0 Å². The smallest absolute Gasteiger partial charge is 0.264 e. The summed E-state index contributed by atoms with van der Waals surface area (Å²) < 4.78 is 25.9. The van der Waals surface area contributed by atoms with Crippen LogP contribution < -0.4 is 4.72 Å². The van der Waals surface area contributed by atoms with Crippen LogP contribution in [0, 0.1) is 13.8 Å². The lowest BCUT2D eigenvalue weighted by Crippen LogP contribution is -2.28. The monoisotopic (exact) mass is 315 g/mol. The molecule has 114 valence electrons. The Morgan fingerprint density at radius 2 is 1.68 bits per heavy atom. The van der Waals surface area contributed by atoms with Crippen LogP contribution in [-0.4, -0.2) is 14.3 Å². The molecule has 2 aromatic rings. The van der Waals surface area contributed by atoms with Crippen LogP contribution >= 0.6 is 0 Å². The maximum absolute atomic E-state index is 12.0. The first-order valence-corrected chi connectivity index (χ1v) is 8.29. The van der Waals surface area contributed by atoms with E-state index in [4.69, 9.17) is 0 Å². The lowest BCUT2D eigenvalue weighted by Gasteiger charge is -2.06. The highest BCUT2D eigenvalue weighted by Crippen LogP contribution is 2.10. The highest BCUT2D eigenvalue weighted by atomic mass is 32.2. The number of carbonyl (C=O) groups is 1. The van der Waals surface area contributed by atoms with Crippen LogP contribution in [0.2, 0.25) is 0 Å². The zero-order chi connectivity index (χ0) is 16.2. The first kappa shape index (κ1) is 16.0. The standard InChI is InChI=1S/C17H17NO3S/c1-13-8-9-16(12-14(13)2)17(19)18-22(20,21)11-10-15-6-4-3-5-7-15/h3-12H,1-2H3,(H,18,19)/b11-10+. The highest BCUT2D eigenvalue weighted by molar-refractivity contribution is 7.93. The Bertz CT molecular complexity index is 809. The van der Waals surface area contributed by atoms with E-state index in [0.717, 1.165) is 22.1 Å². The second-order valence-corrected chi connectivity index (χ2v) is 6.55. The molecule has 0 heterocycles. The summed E-state index contributed by atoms with van der Waals surface area (Å²) in [6.45, 7) is 3.80. The van der Waals surface area contributed by atoms with Gasteiger partial charge >= 0.3 is 0 Å². The Hall–Kier alpha value is -2.40. The van der Waals surface area contributed by atoms with Crippen molar-refractivity contribution < 1.29 is 13.2 Å². The van der Waals surface area contributed by atoms with E-state index in [0.29, 0.717) is 5.56 Å². The Morgan fingerprint density at radius 3 is 2.32 bits per heavy atom. The van der Waals surface area contributed by atoms with E-state index >= 15 is 0 Å². The summed E-state index contributed by atoms with van der Waals surface area (Å²) in [6, 6.07) is 14.1. The molecule has 0 saturated carbocycles. The highest BCUT2D eigenvalue weighted by Gasteiger charge is 2.13. The molecule has 0 fully saturated rings. The first-order chi connectivity index (χ1) is 10.4. The quantitative estimate of drug-likeness (QED) is 0.943. The van der Waals surface area contributed by atoms with E-state index in [-0.39, 0.29) is 0 Å². The Balaban J connectivity index is 2.12. The molecule has 1 N–H and O–H groups in total. The van der Waals surface area contributed by atoms with Crippen LogP contribution in [0.4, 0.5) is 0 Å². The van der Waals surface area contributed by atoms with E-state index in [9.17, 15) is 13.2 Å². The molecule has 0 spiro atoms. The van der Waals surface area contributed by atoms with Crippen molar-refractivity contribution in [2.45, 2.75) is 13.8 Å². The number of nitrogens with one attached hydrogen (secondary N) is 1. The molecular weight excluding hydrogens is 298 g/mol. The normalized spacial score (nSPS) is 11.5. The van der Waals surface area contributed by atoms with Gasteiger partial charge in [-0.05, 0) is 48.7 Å².